The number of Topliss-reactive ketones (excluding diaryl/α,β-unsaturated/α-hetero) is 1. The molecule has 1 amide bonds. The standard InChI is InChI=1S/C35H28N2O6S/c1-3-41-25-13-14-27-29(19-25)44-35(36-27)37-31(21-8-7-11-26(18-21)43-24-9-5-4-6-10-24)30(33(39)34(37)40)32(38)22-12-15-28-23(17-22)16-20(2)42-28/h4-15,17-20,31,38H,3,16H2,1-2H3/b32-30+/t20-,31+/m0/s1. The van der Waals surface area contributed by atoms with Crippen LogP contribution in [0.1, 0.15) is 36.6 Å². The van der Waals surface area contributed by atoms with E-state index in [0.717, 1.165) is 16.0 Å². The monoisotopic (exact) mass is 604 g/mol. The normalized spacial score (nSPS) is 18.8. The summed E-state index contributed by atoms with van der Waals surface area (Å²) in [7, 11) is 0. The highest BCUT2D eigenvalue weighted by Gasteiger charge is 2.48. The van der Waals surface area contributed by atoms with Crippen LogP contribution < -0.4 is 19.1 Å². The van der Waals surface area contributed by atoms with E-state index in [9.17, 15) is 14.7 Å². The molecule has 0 saturated carbocycles. The Morgan fingerprint density at radius 2 is 1.80 bits per heavy atom. The SMILES string of the molecule is CCOc1ccc2nc(N3C(=O)C(=O)/C(=C(/O)c4ccc5c(c4)C[C@H](C)O5)[C@H]3c3cccc(Oc4ccccc4)c3)sc2c1. The molecule has 8 nitrogen and oxygen atoms in total. The van der Waals surface area contributed by atoms with Gasteiger partial charge >= 0.3 is 5.91 Å². The van der Waals surface area contributed by atoms with Gasteiger partial charge in [0.25, 0.3) is 5.78 Å². The Balaban J connectivity index is 1.37. The van der Waals surface area contributed by atoms with Crippen LogP contribution in [0.5, 0.6) is 23.0 Å². The molecule has 2 aliphatic rings. The van der Waals surface area contributed by atoms with Crippen LogP contribution in [-0.4, -0.2) is 34.5 Å². The van der Waals surface area contributed by atoms with Crippen molar-refractivity contribution in [2.45, 2.75) is 32.4 Å². The average molecular weight is 605 g/mol. The van der Waals surface area contributed by atoms with Crippen molar-refractivity contribution >= 4 is 44.1 Å². The third-order valence-electron chi connectivity index (χ3n) is 7.63. The molecule has 1 aromatic heterocycles. The number of carbonyl (C=O) groups excluding carboxylic acids is 2. The van der Waals surface area contributed by atoms with Crippen LogP contribution >= 0.6 is 11.3 Å². The van der Waals surface area contributed by atoms with E-state index >= 15 is 0 Å². The van der Waals surface area contributed by atoms with Crippen LogP contribution in [0.3, 0.4) is 0 Å². The lowest BCUT2D eigenvalue weighted by Gasteiger charge is -2.23. The van der Waals surface area contributed by atoms with Crippen molar-refractivity contribution < 1.29 is 28.9 Å². The number of ketones is 1. The number of carbonyl (C=O) groups is 2. The van der Waals surface area contributed by atoms with Crippen molar-refractivity contribution in [3.8, 4) is 23.0 Å². The molecule has 0 radical (unpaired) electrons. The summed E-state index contributed by atoms with van der Waals surface area (Å²) in [6, 6.07) is 26.4. The molecule has 0 bridgehead atoms. The summed E-state index contributed by atoms with van der Waals surface area (Å²) in [6.07, 6.45) is 0.699. The minimum absolute atomic E-state index is 0.0163. The Kier molecular flexibility index (Phi) is 7.02. The molecule has 2 atom stereocenters. The second-order valence-corrected chi connectivity index (χ2v) is 11.7. The number of thiazole rings is 1. The van der Waals surface area contributed by atoms with Gasteiger partial charge in [-0.05, 0) is 85.6 Å². The molecule has 0 aliphatic carbocycles. The number of benzene rings is 4. The predicted molar refractivity (Wildman–Crippen MR) is 169 cm³/mol. The van der Waals surface area contributed by atoms with Gasteiger partial charge in [-0.1, -0.05) is 41.7 Å². The first-order valence-corrected chi connectivity index (χ1v) is 15.2. The van der Waals surface area contributed by atoms with Crippen LogP contribution in [0.2, 0.25) is 0 Å². The predicted octanol–water partition coefficient (Wildman–Crippen LogP) is 7.44. The largest absolute Gasteiger partial charge is 0.507 e. The second-order valence-electron chi connectivity index (χ2n) is 10.7. The Hall–Kier alpha value is -5.15. The number of ether oxygens (including phenoxy) is 3. The lowest BCUT2D eigenvalue weighted by Crippen LogP contribution is -2.29. The summed E-state index contributed by atoms with van der Waals surface area (Å²) in [5.41, 5.74) is 2.61. The molecule has 1 fully saturated rings. The van der Waals surface area contributed by atoms with Gasteiger partial charge in [0.05, 0.1) is 28.4 Å². The van der Waals surface area contributed by atoms with Crippen LogP contribution in [0.4, 0.5) is 5.13 Å². The average Bonchev–Trinajstić information content (AvgIpc) is 3.69. The summed E-state index contributed by atoms with van der Waals surface area (Å²) in [5.74, 6) is 0.784. The van der Waals surface area contributed by atoms with Crippen molar-refractivity contribution in [3.05, 3.63) is 113 Å². The van der Waals surface area contributed by atoms with Crippen LogP contribution in [0.15, 0.2) is 96.6 Å². The molecule has 3 heterocycles. The Morgan fingerprint density at radius 1 is 0.977 bits per heavy atom. The number of anilines is 1. The summed E-state index contributed by atoms with van der Waals surface area (Å²) < 4.78 is 18.4. The number of hydrogen-bond donors (Lipinski definition) is 1. The first-order chi connectivity index (χ1) is 21.4. The van der Waals surface area contributed by atoms with Gasteiger partial charge in [-0.25, -0.2) is 4.98 Å². The number of hydrogen-bond acceptors (Lipinski definition) is 8. The van der Waals surface area contributed by atoms with E-state index in [1.165, 1.54) is 16.2 Å². The molecule has 1 saturated heterocycles. The minimum Gasteiger partial charge on any atom is -0.507 e. The van der Waals surface area contributed by atoms with Crippen molar-refractivity contribution in [1.82, 2.24) is 4.98 Å². The quantitative estimate of drug-likeness (QED) is 0.117. The van der Waals surface area contributed by atoms with Crippen molar-refractivity contribution in [2.75, 3.05) is 11.5 Å². The summed E-state index contributed by atoms with van der Waals surface area (Å²) in [4.78, 5) is 33.7. The number of aliphatic hydroxyl groups is 1. The van der Waals surface area contributed by atoms with E-state index in [2.05, 4.69) is 0 Å². The van der Waals surface area contributed by atoms with Gasteiger partial charge < -0.3 is 19.3 Å². The fraction of sp³-hybridized carbons (Fsp3) is 0.171. The van der Waals surface area contributed by atoms with E-state index in [1.54, 1.807) is 30.3 Å². The highest BCUT2D eigenvalue weighted by molar-refractivity contribution is 7.22. The Labute approximate surface area is 257 Å². The fourth-order valence-electron chi connectivity index (χ4n) is 5.70. The number of nitrogens with zero attached hydrogens (tertiary/aromatic N) is 2. The van der Waals surface area contributed by atoms with Crippen LogP contribution in [0.25, 0.3) is 16.0 Å². The molecule has 2 aliphatic heterocycles. The summed E-state index contributed by atoms with van der Waals surface area (Å²) >= 11 is 1.28. The Bertz CT molecular complexity index is 1950. The highest BCUT2D eigenvalue weighted by atomic mass is 32.1. The van der Waals surface area contributed by atoms with Crippen molar-refractivity contribution in [3.63, 3.8) is 0 Å². The molecular formula is C35H28N2O6S. The van der Waals surface area contributed by atoms with Gasteiger partial charge in [-0.2, -0.15) is 0 Å². The molecule has 1 N–H and O–H groups in total. The minimum atomic E-state index is -0.954. The molecule has 44 heavy (non-hydrogen) atoms. The molecular weight excluding hydrogens is 576 g/mol. The molecule has 5 aromatic rings. The summed E-state index contributed by atoms with van der Waals surface area (Å²) in [6.45, 7) is 4.40. The zero-order valence-corrected chi connectivity index (χ0v) is 24.8. The van der Waals surface area contributed by atoms with Gasteiger partial charge in [0, 0.05) is 12.0 Å². The van der Waals surface area contributed by atoms with Gasteiger partial charge in [-0.3, -0.25) is 14.5 Å². The molecule has 4 aromatic carbocycles. The van der Waals surface area contributed by atoms with E-state index in [-0.39, 0.29) is 17.4 Å². The van der Waals surface area contributed by atoms with Crippen LogP contribution in [-0.2, 0) is 16.0 Å². The molecule has 9 heteroatoms. The third kappa shape index (κ3) is 4.95. The van der Waals surface area contributed by atoms with E-state index in [1.807, 2.05) is 74.5 Å². The maximum absolute atomic E-state index is 13.8. The number of fused-ring (bicyclic) bond motifs is 2. The topological polar surface area (TPSA) is 98.2 Å². The van der Waals surface area contributed by atoms with E-state index in [0.29, 0.717) is 52.1 Å². The first kappa shape index (κ1) is 27.7. The smallest absolute Gasteiger partial charge is 0.301 e. The van der Waals surface area contributed by atoms with Gasteiger partial charge in [-0.15, -0.1) is 0 Å². The fourth-order valence-corrected chi connectivity index (χ4v) is 6.72. The maximum atomic E-state index is 13.8. The third-order valence-corrected chi connectivity index (χ3v) is 8.65. The molecule has 0 spiro atoms. The number of amides is 1. The van der Waals surface area contributed by atoms with E-state index in [4.69, 9.17) is 19.2 Å². The highest BCUT2D eigenvalue weighted by Crippen LogP contribution is 2.46. The zero-order valence-electron chi connectivity index (χ0n) is 24.0. The zero-order chi connectivity index (χ0) is 30.4. The first-order valence-electron chi connectivity index (χ1n) is 14.4. The number of rotatable bonds is 7. The molecule has 7 rings (SSSR count). The summed E-state index contributed by atoms with van der Waals surface area (Å²) in [5, 5.41) is 12.1. The van der Waals surface area contributed by atoms with Gasteiger partial charge in [0.1, 0.15) is 34.9 Å². The van der Waals surface area contributed by atoms with Crippen molar-refractivity contribution in [1.29, 1.82) is 0 Å². The van der Waals surface area contributed by atoms with Gasteiger partial charge in [0.15, 0.2) is 5.13 Å². The Morgan fingerprint density at radius 3 is 2.61 bits per heavy atom. The number of aromatic nitrogens is 1. The van der Waals surface area contributed by atoms with Crippen LogP contribution in [0, 0.1) is 0 Å². The number of aliphatic hydroxyl groups excluding tert-OH is 1. The second kappa shape index (κ2) is 11.2. The molecule has 220 valence electrons. The maximum Gasteiger partial charge on any atom is 0.301 e. The number of para-hydroxylation sites is 1. The van der Waals surface area contributed by atoms with Crippen molar-refractivity contribution in [2.24, 2.45) is 0 Å². The lowest BCUT2D eigenvalue weighted by molar-refractivity contribution is -0.132. The van der Waals surface area contributed by atoms with Gasteiger partial charge in [0.2, 0.25) is 0 Å². The lowest BCUT2D eigenvalue weighted by atomic mass is 9.94. The van der Waals surface area contributed by atoms with E-state index < -0.39 is 17.7 Å². The molecule has 0 unspecified atom stereocenters.